The number of hydrogen-bond acceptors (Lipinski definition) is 3. The number of carbonyl (C=O) groups excluding carboxylic acids is 1. The maximum Gasteiger partial charge on any atom is 0.306 e. The van der Waals surface area contributed by atoms with Crippen molar-refractivity contribution in [2.24, 2.45) is 17.8 Å². The molecule has 0 saturated heterocycles. The Morgan fingerprint density at radius 1 is 1.46 bits per heavy atom. The van der Waals surface area contributed by atoms with Crippen molar-refractivity contribution in [3.05, 3.63) is 30.2 Å². The average molecular weight is 332 g/mol. The summed E-state index contributed by atoms with van der Waals surface area (Å²) in [5, 5.41) is 11.3. The van der Waals surface area contributed by atoms with Crippen molar-refractivity contribution in [3.63, 3.8) is 0 Å². The summed E-state index contributed by atoms with van der Waals surface area (Å²) in [6.45, 7) is 12.3. The first-order valence-corrected chi connectivity index (χ1v) is 9.32. The number of carbonyl (C=O) groups is 1. The van der Waals surface area contributed by atoms with Crippen LogP contribution in [-0.2, 0) is 9.53 Å². The van der Waals surface area contributed by atoms with Gasteiger partial charge in [0, 0.05) is 12.3 Å². The Morgan fingerprint density at radius 3 is 2.79 bits per heavy atom. The van der Waals surface area contributed by atoms with Crippen LogP contribution >= 0.6 is 0 Å². The minimum atomic E-state index is -1.05. The molecule has 0 spiro atoms. The van der Waals surface area contributed by atoms with Crippen molar-refractivity contribution in [1.29, 1.82) is 0 Å². The van der Waals surface area contributed by atoms with Crippen molar-refractivity contribution in [3.8, 4) is 0 Å². The van der Waals surface area contributed by atoms with Crippen molar-refractivity contribution >= 4 is 5.97 Å². The topological polar surface area (TPSA) is 46.5 Å². The number of unbranched alkanes of at least 4 members (excludes halogenated alkanes) is 2. The van der Waals surface area contributed by atoms with E-state index in [9.17, 15) is 9.90 Å². The quantitative estimate of drug-likeness (QED) is 0.443. The first-order chi connectivity index (χ1) is 11.3. The Kier molecular flexibility index (Phi) is 6.30. The van der Waals surface area contributed by atoms with Gasteiger partial charge in [0.2, 0.25) is 0 Å². The third-order valence-electron chi connectivity index (χ3n) is 5.69. The van der Waals surface area contributed by atoms with E-state index in [1.807, 2.05) is 13.8 Å². The second kappa shape index (κ2) is 7.86. The van der Waals surface area contributed by atoms with Crippen molar-refractivity contribution in [1.82, 2.24) is 0 Å². The molecule has 5 atom stereocenters. The zero-order valence-electron chi connectivity index (χ0n) is 15.6. The highest BCUT2D eigenvalue weighted by Gasteiger charge is 2.52. The van der Waals surface area contributed by atoms with E-state index in [1.54, 1.807) is 0 Å². The molecule has 2 rings (SSSR count). The average Bonchev–Trinajstić information content (AvgIpc) is 2.50. The highest BCUT2D eigenvalue weighted by atomic mass is 16.5. The Morgan fingerprint density at radius 2 is 2.17 bits per heavy atom. The van der Waals surface area contributed by atoms with Gasteiger partial charge < -0.3 is 9.84 Å². The van der Waals surface area contributed by atoms with Gasteiger partial charge in [0.05, 0.1) is 12.0 Å². The Bertz CT molecular complexity index is 507. The maximum atomic E-state index is 12.1. The van der Waals surface area contributed by atoms with Crippen LogP contribution < -0.4 is 0 Å². The lowest BCUT2D eigenvalue weighted by molar-refractivity contribution is -0.150. The van der Waals surface area contributed by atoms with E-state index < -0.39 is 11.7 Å². The van der Waals surface area contributed by atoms with E-state index in [4.69, 9.17) is 4.74 Å². The van der Waals surface area contributed by atoms with Gasteiger partial charge in [0.25, 0.3) is 0 Å². The highest BCUT2D eigenvalue weighted by Crippen LogP contribution is 2.50. The summed E-state index contributed by atoms with van der Waals surface area (Å²) >= 11 is 0. The summed E-state index contributed by atoms with van der Waals surface area (Å²) in [6.07, 6.45) is 10.2. The number of rotatable bonds is 6. The number of allylic oxidation sites excluding steroid dienone is 1. The van der Waals surface area contributed by atoms with E-state index >= 15 is 0 Å². The van der Waals surface area contributed by atoms with Gasteiger partial charge in [-0.25, -0.2) is 0 Å². The van der Waals surface area contributed by atoms with Crippen LogP contribution in [0.1, 0.15) is 66.2 Å². The molecule has 0 aromatic carbocycles. The van der Waals surface area contributed by atoms with E-state index in [1.165, 1.54) is 0 Å². The summed E-state index contributed by atoms with van der Waals surface area (Å²) in [4.78, 5) is 12.1. The normalized spacial score (nSPS) is 35.8. The molecule has 2 aliphatic rings. The maximum absolute atomic E-state index is 12.1. The number of esters is 1. The SMILES string of the molecule is C=C(C)[C@@H]1CC[C@@H](C)[C@]2(O)[C][C@@H](OC(=O)CCCCC)C(C)=C[C@@H]12. The van der Waals surface area contributed by atoms with Gasteiger partial charge in [-0.2, -0.15) is 0 Å². The van der Waals surface area contributed by atoms with Gasteiger partial charge in [-0.15, -0.1) is 0 Å². The molecule has 0 heterocycles. The number of hydrogen-bond donors (Lipinski definition) is 1. The van der Waals surface area contributed by atoms with E-state index in [0.29, 0.717) is 6.42 Å². The van der Waals surface area contributed by atoms with Crippen LogP contribution in [-0.4, -0.2) is 22.8 Å². The fourth-order valence-electron chi connectivity index (χ4n) is 4.03. The second-order valence-corrected chi connectivity index (χ2v) is 7.66. The third kappa shape index (κ3) is 3.93. The molecule has 3 nitrogen and oxygen atoms in total. The summed E-state index contributed by atoms with van der Waals surface area (Å²) < 4.78 is 5.61. The molecule has 0 aliphatic heterocycles. The van der Waals surface area contributed by atoms with Gasteiger partial charge in [0.1, 0.15) is 6.10 Å². The largest absolute Gasteiger partial charge is 0.457 e. The van der Waals surface area contributed by atoms with Crippen LogP contribution in [0.3, 0.4) is 0 Å². The van der Waals surface area contributed by atoms with E-state index in [-0.39, 0.29) is 23.7 Å². The van der Waals surface area contributed by atoms with Crippen LogP contribution in [0.5, 0.6) is 0 Å². The van der Waals surface area contributed by atoms with Crippen molar-refractivity contribution in [2.75, 3.05) is 0 Å². The zero-order valence-corrected chi connectivity index (χ0v) is 15.6. The molecule has 134 valence electrons. The number of ether oxygens (including phenoxy) is 1. The van der Waals surface area contributed by atoms with Crippen molar-refractivity contribution in [2.45, 2.75) is 77.9 Å². The molecule has 1 N–H and O–H groups in total. The standard InChI is InChI=1S/C21H32O3/c1-6-7-8-9-20(22)24-19-13-21(23)16(5)10-11-17(14(2)3)18(21)12-15(19)4/h12,16-19,23H,2,6-11H2,1,3-5H3/t16-,17+,18+,19-,21-/m1/s1. The lowest BCUT2D eigenvalue weighted by Crippen LogP contribution is -2.55. The molecule has 2 aliphatic carbocycles. The molecule has 0 aromatic rings. The Hall–Kier alpha value is -1.09. The van der Waals surface area contributed by atoms with Crippen LogP contribution in [0.2, 0.25) is 0 Å². The molecular formula is C21H32O3. The van der Waals surface area contributed by atoms with Gasteiger partial charge >= 0.3 is 5.97 Å². The first kappa shape index (κ1) is 19.2. The molecule has 1 saturated carbocycles. The lowest BCUT2D eigenvalue weighted by atomic mass is 9.58. The molecule has 0 unspecified atom stereocenters. The molecule has 0 aromatic heterocycles. The second-order valence-electron chi connectivity index (χ2n) is 7.66. The third-order valence-corrected chi connectivity index (χ3v) is 5.69. The summed E-state index contributed by atoms with van der Waals surface area (Å²) in [7, 11) is 0. The van der Waals surface area contributed by atoms with Crippen LogP contribution in [0, 0.1) is 24.2 Å². The fraction of sp³-hybridized carbons (Fsp3) is 0.714. The van der Waals surface area contributed by atoms with Crippen LogP contribution in [0.25, 0.3) is 0 Å². The molecule has 0 bridgehead atoms. The first-order valence-electron chi connectivity index (χ1n) is 9.32. The smallest absolute Gasteiger partial charge is 0.306 e. The van der Waals surface area contributed by atoms with Crippen LogP contribution in [0.15, 0.2) is 23.8 Å². The molecular weight excluding hydrogens is 300 g/mol. The predicted molar refractivity (Wildman–Crippen MR) is 96.2 cm³/mol. The molecule has 2 radical (unpaired) electrons. The summed E-state index contributed by atoms with van der Waals surface area (Å²) in [5.41, 5.74) is 1.02. The van der Waals surface area contributed by atoms with Gasteiger partial charge in [-0.3, -0.25) is 4.79 Å². The zero-order chi connectivity index (χ0) is 17.9. The highest BCUT2D eigenvalue weighted by molar-refractivity contribution is 5.70. The monoisotopic (exact) mass is 332 g/mol. The fourth-order valence-corrected chi connectivity index (χ4v) is 4.03. The van der Waals surface area contributed by atoms with Crippen LogP contribution in [0.4, 0.5) is 0 Å². The van der Waals surface area contributed by atoms with Gasteiger partial charge in [-0.1, -0.05) is 44.9 Å². The van der Waals surface area contributed by atoms with Gasteiger partial charge in [0.15, 0.2) is 0 Å². The molecule has 3 heteroatoms. The minimum Gasteiger partial charge on any atom is -0.457 e. The number of aliphatic hydroxyl groups is 1. The Balaban J connectivity index is 2.13. The molecule has 1 fully saturated rings. The number of fused-ring (bicyclic) bond motifs is 1. The lowest BCUT2D eigenvalue weighted by Gasteiger charge is -2.51. The predicted octanol–water partition coefficient (Wildman–Crippen LogP) is 4.49. The summed E-state index contributed by atoms with van der Waals surface area (Å²) in [5.74, 6) is 0.142. The van der Waals surface area contributed by atoms with E-state index in [2.05, 4.69) is 32.9 Å². The minimum absolute atomic E-state index is 0.0196. The van der Waals surface area contributed by atoms with Gasteiger partial charge in [-0.05, 0) is 50.5 Å². The van der Waals surface area contributed by atoms with E-state index in [0.717, 1.165) is 43.3 Å². The van der Waals surface area contributed by atoms with Crippen molar-refractivity contribution < 1.29 is 14.6 Å². The molecule has 24 heavy (non-hydrogen) atoms. The summed E-state index contributed by atoms with van der Waals surface area (Å²) in [6, 6.07) is 0. The Labute approximate surface area is 147 Å². The molecule has 0 amide bonds.